The summed E-state index contributed by atoms with van der Waals surface area (Å²) in [5.74, 6) is 4.45. The zero-order chi connectivity index (χ0) is 35.8. The van der Waals surface area contributed by atoms with Crippen molar-refractivity contribution in [2.75, 3.05) is 13.8 Å². The minimum atomic E-state index is -0.804. The highest BCUT2D eigenvalue weighted by Crippen LogP contribution is 2.14. The lowest BCUT2D eigenvalue weighted by atomic mass is 9.95. The molecule has 4 atom stereocenters. The number of aliphatic hydroxyl groups is 2. The summed E-state index contributed by atoms with van der Waals surface area (Å²) in [6, 6.07) is -1.40. The van der Waals surface area contributed by atoms with Crippen LogP contribution in [0.25, 0.3) is 0 Å². The Morgan fingerprint density at radius 2 is 1.72 bits per heavy atom. The van der Waals surface area contributed by atoms with Crippen LogP contribution in [0, 0.1) is 17.8 Å². The van der Waals surface area contributed by atoms with Gasteiger partial charge in [-0.3, -0.25) is 14.4 Å². The normalized spacial score (nSPS) is 17.5. The van der Waals surface area contributed by atoms with Gasteiger partial charge in [0.15, 0.2) is 11.5 Å². The maximum Gasteiger partial charge on any atom is 0.286 e. The topological polar surface area (TPSA) is 116 Å². The Morgan fingerprint density at radius 3 is 2.35 bits per heavy atom. The van der Waals surface area contributed by atoms with E-state index in [9.17, 15) is 19.5 Å². The third-order valence-electron chi connectivity index (χ3n) is 6.55. The number of Topliss-reactive ketones (excluding diaryl/α,β-unsaturated/α-hetero) is 1. The van der Waals surface area contributed by atoms with Gasteiger partial charge in [-0.1, -0.05) is 139 Å². The van der Waals surface area contributed by atoms with Crippen molar-refractivity contribution in [3.8, 4) is 11.8 Å². The second kappa shape index (κ2) is 33.2. The summed E-state index contributed by atoms with van der Waals surface area (Å²) in [5, 5.41) is 22.4. The Balaban J connectivity index is -0.000000304. The Labute approximate surface area is 286 Å². The summed E-state index contributed by atoms with van der Waals surface area (Å²) in [4.78, 5) is 37.6. The van der Waals surface area contributed by atoms with Crippen molar-refractivity contribution in [1.29, 1.82) is 0 Å². The second-order valence-corrected chi connectivity index (χ2v) is 10.3. The van der Waals surface area contributed by atoms with E-state index in [1.54, 1.807) is 19.1 Å². The van der Waals surface area contributed by atoms with E-state index in [-0.39, 0.29) is 26.9 Å². The summed E-state index contributed by atoms with van der Waals surface area (Å²) in [5.41, 5.74) is 2.32. The van der Waals surface area contributed by atoms with Crippen LogP contribution in [-0.4, -0.2) is 53.7 Å². The molecule has 0 aliphatic heterocycles. The molecule has 7 nitrogen and oxygen atoms in total. The zero-order valence-electron chi connectivity index (χ0n) is 29.8. The molecule has 0 radical (unpaired) electrons. The summed E-state index contributed by atoms with van der Waals surface area (Å²) in [6.07, 6.45) is 22.8. The monoisotopic (exact) mass is 662 g/mol. The van der Waals surface area contributed by atoms with Gasteiger partial charge in [0.05, 0.1) is 12.5 Å². The minimum absolute atomic E-state index is 0. The molecule has 2 rings (SSSR count). The molecule has 0 aromatic rings. The van der Waals surface area contributed by atoms with Crippen LogP contribution in [0.5, 0.6) is 0 Å². The van der Waals surface area contributed by atoms with Crippen LogP contribution >= 0.6 is 9.24 Å². The Morgan fingerprint density at radius 1 is 1.11 bits per heavy atom. The lowest BCUT2D eigenvalue weighted by Crippen LogP contribution is -2.52. The van der Waals surface area contributed by atoms with E-state index < -0.39 is 23.8 Å². The second-order valence-electron chi connectivity index (χ2n) is 10.3. The predicted octanol–water partition coefficient (Wildman–Crippen LogP) is 8.35. The van der Waals surface area contributed by atoms with Gasteiger partial charge >= 0.3 is 0 Å². The molecule has 2 aliphatic carbocycles. The largest absolute Gasteiger partial charge is 0.503 e. The standard InChI is InChI=1S/C25H38N2O4.C9H10.C2H6.CH4O.CH5P.2H2/c1-4-6-8-9-10-11-14-21(27-25(31)23(29)15-7-5-2)24(30)26-20-18-17-19(3)13-12-16-22(20)28;1-8-5-3-4-6-9(2)7-8;3*1-2;;/h5,7,15,19-21,29H,4,6,8-11,14,16-18H2,1-3H3,(H,26,30)(H,27,31);3-7H,1H2,2H3;1-2H3;2H,1H3;2H2,1H3;2*1H/b7-5-,23-15-;;;;;;/t19-,20-,21-;;;;;;/m0....../s1. The average Bonchev–Trinajstić information content (AvgIpc) is 3.26. The molecule has 0 bridgehead atoms. The number of rotatable bonds is 12. The highest BCUT2D eigenvalue weighted by Gasteiger charge is 2.27. The maximum atomic E-state index is 12.9. The first-order chi connectivity index (χ1) is 22.2. The molecule has 0 saturated heterocycles. The quantitative estimate of drug-likeness (QED) is 0.0419. The fourth-order valence-electron chi connectivity index (χ4n) is 4.18. The fraction of sp³-hybridized carbons (Fsp3) is 0.553. The lowest BCUT2D eigenvalue weighted by molar-refractivity contribution is -0.131. The zero-order valence-corrected chi connectivity index (χ0v) is 31.0. The van der Waals surface area contributed by atoms with E-state index in [2.05, 4.69) is 64.3 Å². The van der Waals surface area contributed by atoms with Gasteiger partial charge in [0.25, 0.3) is 5.91 Å². The van der Waals surface area contributed by atoms with Gasteiger partial charge in [-0.15, -0.1) is 9.24 Å². The molecule has 0 spiro atoms. The molecule has 0 aromatic carbocycles. The molecule has 4 N–H and O–H groups in total. The predicted molar refractivity (Wildman–Crippen MR) is 204 cm³/mol. The van der Waals surface area contributed by atoms with E-state index in [0.717, 1.165) is 51.2 Å². The van der Waals surface area contributed by atoms with Crippen LogP contribution in [0.1, 0.15) is 109 Å². The Hall–Kier alpha value is -3.20. The van der Waals surface area contributed by atoms with Gasteiger partial charge in [0.2, 0.25) is 5.91 Å². The summed E-state index contributed by atoms with van der Waals surface area (Å²) in [6.45, 7) is 17.7. The first-order valence-corrected chi connectivity index (χ1v) is 17.7. The summed E-state index contributed by atoms with van der Waals surface area (Å²) in [7, 11) is 3.42. The summed E-state index contributed by atoms with van der Waals surface area (Å²) >= 11 is 0. The minimum Gasteiger partial charge on any atom is -0.503 e. The average molecular weight is 663 g/mol. The van der Waals surface area contributed by atoms with E-state index in [1.807, 2.05) is 45.7 Å². The summed E-state index contributed by atoms with van der Waals surface area (Å²) < 4.78 is 0. The van der Waals surface area contributed by atoms with E-state index in [4.69, 9.17) is 5.11 Å². The molecule has 46 heavy (non-hydrogen) atoms. The van der Waals surface area contributed by atoms with Crippen LogP contribution in [-0.2, 0) is 14.4 Å². The molecule has 2 amide bonds. The van der Waals surface area contributed by atoms with Gasteiger partial charge in [-0.2, -0.15) is 0 Å². The van der Waals surface area contributed by atoms with Crippen LogP contribution in [0.2, 0.25) is 0 Å². The number of amides is 2. The lowest BCUT2D eigenvalue weighted by Gasteiger charge is -2.23. The fourth-order valence-corrected chi connectivity index (χ4v) is 4.18. The molecular formula is C38H67N2O5P. The van der Waals surface area contributed by atoms with Gasteiger partial charge in [-0.25, -0.2) is 0 Å². The molecule has 1 unspecified atom stereocenters. The van der Waals surface area contributed by atoms with E-state index in [1.165, 1.54) is 18.1 Å². The van der Waals surface area contributed by atoms with E-state index >= 15 is 0 Å². The van der Waals surface area contributed by atoms with Crippen LogP contribution in [0.3, 0.4) is 0 Å². The third-order valence-corrected chi connectivity index (χ3v) is 6.55. The van der Waals surface area contributed by atoms with Crippen molar-refractivity contribution in [2.24, 2.45) is 5.92 Å². The van der Waals surface area contributed by atoms with Crippen molar-refractivity contribution in [3.05, 3.63) is 72.1 Å². The number of hydrogen-bond acceptors (Lipinski definition) is 5. The van der Waals surface area contributed by atoms with Crippen LogP contribution in [0.15, 0.2) is 72.1 Å². The maximum absolute atomic E-state index is 12.9. The Bertz CT molecular complexity index is 1090. The third kappa shape index (κ3) is 25.0. The van der Waals surface area contributed by atoms with Gasteiger partial charge in [0.1, 0.15) is 6.04 Å². The van der Waals surface area contributed by atoms with Crippen LogP contribution in [0.4, 0.5) is 0 Å². The number of carbonyl (C=O) groups excluding carboxylic acids is 3. The molecule has 0 fully saturated rings. The highest BCUT2D eigenvalue weighted by atomic mass is 31.0. The molecule has 2 aliphatic rings. The molecule has 0 saturated carbocycles. The first-order valence-electron chi connectivity index (χ1n) is 16.6. The number of unbranched alkanes of at least 4 members (excludes halogenated alkanes) is 5. The number of carbonyl (C=O) groups is 3. The highest BCUT2D eigenvalue weighted by molar-refractivity contribution is 7.15. The Kier molecular flexibility index (Phi) is 34.0. The number of hydrogen-bond donors (Lipinski definition) is 4. The SMILES string of the molecule is C/C=C\C=C(/O)C(=O)N[C@@H](CCCCCCCC)C(=O)N[C@H]1CC[C@@H](C)C#CCC1=O.C=C1C=CC=CC(C)=C1.CC.CO.CP.[HH].[HH]. The van der Waals surface area contributed by atoms with Gasteiger partial charge in [0, 0.05) is 15.9 Å². The van der Waals surface area contributed by atoms with Crippen molar-refractivity contribution in [1.82, 2.24) is 10.6 Å². The molecule has 0 aromatic heterocycles. The molecule has 8 heteroatoms. The molecular weight excluding hydrogens is 595 g/mol. The van der Waals surface area contributed by atoms with Crippen molar-refractivity contribution < 1.29 is 27.4 Å². The number of nitrogens with one attached hydrogen (secondary N) is 2. The first kappa shape index (κ1) is 47.2. The molecule has 264 valence electrons. The van der Waals surface area contributed by atoms with E-state index in [0.29, 0.717) is 12.8 Å². The van der Waals surface area contributed by atoms with Crippen LogP contribution < -0.4 is 10.6 Å². The smallest absolute Gasteiger partial charge is 0.286 e. The van der Waals surface area contributed by atoms with Gasteiger partial charge < -0.3 is 20.8 Å². The molecule has 0 heterocycles. The van der Waals surface area contributed by atoms with Crippen molar-refractivity contribution in [3.63, 3.8) is 0 Å². The number of aliphatic hydroxyl groups excluding tert-OH is 2. The number of ketones is 1. The van der Waals surface area contributed by atoms with Gasteiger partial charge in [-0.05, 0) is 44.8 Å². The van der Waals surface area contributed by atoms with Crippen molar-refractivity contribution in [2.45, 2.75) is 118 Å². The number of allylic oxidation sites excluding steroid dienone is 10. The van der Waals surface area contributed by atoms with Crippen molar-refractivity contribution >= 4 is 26.8 Å².